The van der Waals surface area contributed by atoms with E-state index in [-0.39, 0.29) is 23.3 Å². The molecule has 0 aromatic carbocycles. The monoisotopic (exact) mass is 297 g/mol. The maximum absolute atomic E-state index is 12.2. The number of carbonyl (C=O) groups excluding carboxylic acids is 2. The standard InChI is InChI=1S/C15H27N3O3/c1-14(2,3)13(20)18-7-4-11(5-8-18)17-12(19)15(16)6-9-21-10-15/h11H,4-10,16H2,1-3H3,(H,17,19). The normalized spacial score (nSPS) is 27.7. The van der Waals surface area contributed by atoms with Crippen molar-refractivity contribution < 1.29 is 14.3 Å². The smallest absolute Gasteiger partial charge is 0.242 e. The molecule has 2 saturated heterocycles. The molecule has 6 heteroatoms. The van der Waals surface area contributed by atoms with Gasteiger partial charge in [-0.15, -0.1) is 0 Å². The Balaban J connectivity index is 1.82. The lowest BCUT2D eigenvalue weighted by atomic mass is 9.92. The van der Waals surface area contributed by atoms with Crippen molar-refractivity contribution in [1.29, 1.82) is 0 Å². The van der Waals surface area contributed by atoms with E-state index in [0.29, 0.717) is 32.7 Å². The van der Waals surface area contributed by atoms with Gasteiger partial charge < -0.3 is 20.7 Å². The van der Waals surface area contributed by atoms with Gasteiger partial charge in [-0.25, -0.2) is 0 Å². The molecule has 0 aliphatic carbocycles. The third-order valence-corrected chi connectivity index (χ3v) is 4.26. The summed E-state index contributed by atoms with van der Waals surface area (Å²) in [7, 11) is 0. The van der Waals surface area contributed by atoms with Crippen LogP contribution in [0.2, 0.25) is 0 Å². The van der Waals surface area contributed by atoms with Crippen molar-refractivity contribution in [3.63, 3.8) is 0 Å². The molecule has 2 heterocycles. The molecule has 2 amide bonds. The Morgan fingerprint density at radius 1 is 1.29 bits per heavy atom. The highest BCUT2D eigenvalue weighted by atomic mass is 16.5. The lowest BCUT2D eigenvalue weighted by Gasteiger charge is -2.36. The Morgan fingerprint density at radius 3 is 2.38 bits per heavy atom. The molecule has 21 heavy (non-hydrogen) atoms. The SMILES string of the molecule is CC(C)(C)C(=O)N1CCC(NC(=O)C2(N)CCOC2)CC1. The van der Waals surface area contributed by atoms with Crippen molar-refractivity contribution >= 4 is 11.8 Å². The van der Waals surface area contributed by atoms with Crippen LogP contribution in [0.3, 0.4) is 0 Å². The predicted molar refractivity (Wildman–Crippen MR) is 79.6 cm³/mol. The van der Waals surface area contributed by atoms with Crippen LogP contribution in [0.4, 0.5) is 0 Å². The van der Waals surface area contributed by atoms with E-state index in [1.165, 1.54) is 0 Å². The van der Waals surface area contributed by atoms with Crippen molar-refractivity contribution in [3.8, 4) is 0 Å². The van der Waals surface area contributed by atoms with Crippen LogP contribution in [-0.2, 0) is 14.3 Å². The Bertz CT molecular complexity index is 403. The average Bonchev–Trinajstić information content (AvgIpc) is 2.86. The maximum atomic E-state index is 12.2. The number of amides is 2. The third-order valence-electron chi connectivity index (χ3n) is 4.26. The molecule has 0 aromatic heterocycles. The van der Waals surface area contributed by atoms with Gasteiger partial charge in [-0.1, -0.05) is 20.8 Å². The lowest BCUT2D eigenvalue weighted by Crippen LogP contribution is -2.58. The Morgan fingerprint density at radius 2 is 1.90 bits per heavy atom. The largest absolute Gasteiger partial charge is 0.379 e. The van der Waals surface area contributed by atoms with E-state index >= 15 is 0 Å². The fourth-order valence-corrected chi connectivity index (χ4v) is 2.79. The first-order chi connectivity index (χ1) is 9.72. The molecule has 0 saturated carbocycles. The van der Waals surface area contributed by atoms with Gasteiger partial charge >= 0.3 is 0 Å². The Labute approximate surface area is 126 Å². The van der Waals surface area contributed by atoms with Gasteiger partial charge in [-0.2, -0.15) is 0 Å². The minimum Gasteiger partial charge on any atom is -0.379 e. The predicted octanol–water partition coefficient (Wildman–Crippen LogP) is 0.258. The fourth-order valence-electron chi connectivity index (χ4n) is 2.79. The van der Waals surface area contributed by atoms with Crippen LogP contribution in [0.25, 0.3) is 0 Å². The molecule has 0 radical (unpaired) electrons. The van der Waals surface area contributed by atoms with E-state index < -0.39 is 5.54 Å². The second kappa shape index (κ2) is 5.93. The van der Waals surface area contributed by atoms with Gasteiger partial charge in [0.2, 0.25) is 11.8 Å². The molecule has 2 aliphatic rings. The Kier molecular flexibility index (Phi) is 4.58. The average molecular weight is 297 g/mol. The van der Waals surface area contributed by atoms with E-state index in [4.69, 9.17) is 10.5 Å². The highest BCUT2D eigenvalue weighted by molar-refractivity contribution is 5.87. The van der Waals surface area contributed by atoms with Gasteiger partial charge in [0.15, 0.2) is 0 Å². The molecule has 3 N–H and O–H groups in total. The number of likely N-dealkylation sites (tertiary alicyclic amines) is 1. The van der Waals surface area contributed by atoms with Crippen LogP contribution in [0.15, 0.2) is 0 Å². The number of rotatable bonds is 2. The minimum atomic E-state index is -0.877. The number of hydrogen-bond acceptors (Lipinski definition) is 4. The molecule has 0 aromatic rings. The Hall–Kier alpha value is -1.14. The first-order valence-electron chi connectivity index (χ1n) is 7.69. The second-order valence-corrected chi connectivity index (χ2v) is 7.25. The molecule has 120 valence electrons. The van der Waals surface area contributed by atoms with E-state index in [2.05, 4.69) is 5.32 Å². The summed E-state index contributed by atoms with van der Waals surface area (Å²) in [5.74, 6) is 0.0485. The summed E-state index contributed by atoms with van der Waals surface area (Å²) in [6, 6.07) is 0.0996. The number of hydrogen-bond donors (Lipinski definition) is 2. The van der Waals surface area contributed by atoms with Gasteiger partial charge in [0.05, 0.1) is 6.61 Å². The zero-order valence-corrected chi connectivity index (χ0v) is 13.3. The quantitative estimate of drug-likeness (QED) is 0.765. The van der Waals surface area contributed by atoms with Gasteiger partial charge in [0, 0.05) is 31.2 Å². The van der Waals surface area contributed by atoms with Crippen molar-refractivity contribution in [3.05, 3.63) is 0 Å². The molecule has 0 spiro atoms. The highest BCUT2D eigenvalue weighted by Gasteiger charge is 2.39. The van der Waals surface area contributed by atoms with Crippen LogP contribution < -0.4 is 11.1 Å². The summed E-state index contributed by atoms with van der Waals surface area (Å²) >= 11 is 0. The first kappa shape index (κ1) is 16.2. The molecule has 1 unspecified atom stereocenters. The molecule has 1 atom stereocenters. The number of nitrogens with one attached hydrogen (secondary N) is 1. The molecule has 6 nitrogen and oxygen atoms in total. The molecule has 2 fully saturated rings. The number of carbonyl (C=O) groups is 2. The summed E-state index contributed by atoms with van der Waals surface area (Å²) in [5.41, 5.74) is 4.83. The zero-order chi connectivity index (χ0) is 15.7. The molecular formula is C15H27N3O3. The summed E-state index contributed by atoms with van der Waals surface area (Å²) in [4.78, 5) is 26.3. The van der Waals surface area contributed by atoms with Crippen LogP contribution in [0.5, 0.6) is 0 Å². The highest BCUT2D eigenvalue weighted by Crippen LogP contribution is 2.22. The summed E-state index contributed by atoms with van der Waals surface area (Å²) in [6.07, 6.45) is 2.13. The summed E-state index contributed by atoms with van der Waals surface area (Å²) in [5, 5.41) is 3.02. The summed E-state index contributed by atoms with van der Waals surface area (Å²) < 4.78 is 5.22. The molecular weight excluding hydrogens is 270 g/mol. The van der Waals surface area contributed by atoms with Crippen molar-refractivity contribution in [1.82, 2.24) is 10.2 Å². The van der Waals surface area contributed by atoms with Crippen LogP contribution in [0.1, 0.15) is 40.0 Å². The second-order valence-electron chi connectivity index (χ2n) is 7.25. The maximum Gasteiger partial charge on any atom is 0.242 e. The number of piperidine rings is 1. The third kappa shape index (κ3) is 3.74. The van der Waals surface area contributed by atoms with Gasteiger partial charge in [0.1, 0.15) is 5.54 Å². The fraction of sp³-hybridized carbons (Fsp3) is 0.867. The van der Waals surface area contributed by atoms with E-state index in [0.717, 1.165) is 12.8 Å². The number of ether oxygens (including phenoxy) is 1. The van der Waals surface area contributed by atoms with Crippen LogP contribution in [0, 0.1) is 5.41 Å². The zero-order valence-electron chi connectivity index (χ0n) is 13.3. The van der Waals surface area contributed by atoms with Crippen LogP contribution in [-0.4, -0.2) is 54.6 Å². The lowest BCUT2D eigenvalue weighted by molar-refractivity contribution is -0.140. The number of nitrogens with zero attached hydrogens (tertiary/aromatic N) is 1. The summed E-state index contributed by atoms with van der Waals surface area (Å²) in [6.45, 7) is 8.01. The van der Waals surface area contributed by atoms with Gasteiger partial charge in [-0.05, 0) is 19.3 Å². The van der Waals surface area contributed by atoms with Crippen molar-refractivity contribution in [2.24, 2.45) is 11.1 Å². The topological polar surface area (TPSA) is 84.7 Å². The van der Waals surface area contributed by atoms with E-state index in [1.54, 1.807) is 0 Å². The van der Waals surface area contributed by atoms with E-state index in [9.17, 15) is 9.59 Å². The number of nitrogens with two attached hydrogens (primary N) is 1. The van der Waals surface area contributed by atoms with Crippen LogP contribution >= 0.6 is 0 Å². The van der Waals surface area contributed by atoms with Crippen molar-refractivity contribution in [2.45, 2.75) is 51.6 Å². The molecule has 2 aliphatic heterocycles. The van der Waals surface area contributed by atoms with E-state index in [1.807, 2.05) is 25.7 Å². The van der Waals surface area contributed by atoms with Crippen molar-refractivity contribution in [2.75, 3.05) is 26.3 Å². The molecule has 0 bridgehead atoms. The van der Waals surface area contributed by atoms with Gasteiger partial charge in [-0.3, -0.25) is 9.59 Å². The first-order valence-corrected chi connectivity index (χ1v) is 7.69. The molecule has 2 rings (SSSR count). The minimum absolute atomic E-state index is 0.0996. The van der Waals surface area contributed by atoms with Gasteiger partial charge in [0.25, 0.3) is 0 Å².